The molecule has 3 atom stereocenters. The molecule has 0 radical (unpaired) electrons. The molecule has 1 rings (SSSR count). The van der Waals surface area contributed by atoms with Gasteiger partial charge in [-0.15, -0.1) is 0 Å². The van der Waals surface area contributed by atoms with Crippen molar-refractivity contribution in [3.8, 4) is 6.07 Å². The molecule has 0 saturated heterocycles. The van der Waals surface area contributed by atoms with Crippen molar-refractivity contribution in [1.82, 2.24) is 4.90 Å². The lowest BCUT2D eigenvalue weighted by molar-refractivity contribution is 0.116. The molecule has 0 aromatic rings. The van der Waals surface area contributed by atoms with Gasteiger partial charge >= 0.3 is 0 Å². The molecule has 1 saturated carbocycles. The summed E-state index contributed by atoms with van der Waals surface area (Å²) < 4.78 is 0. The first-order valence-corrected chi connectivity index (χ1v) is 5.86. The maximum atomic E-state index is 9.11. The Labute approximate surface area is 87.9 Å². The molecule has 0 amide bonds. The molecule has 2 heteroatoms. The third-order valence-electron chi connectivity index (χ3n) is 3.53. The molecule has 2 nitrogen and oxygen atoms in total. The van der Waals surface area contributed by atoms with E-state index in [2.05, 4.69) is 31.7 Å². The molecular formula is C12H22N2. The summed E-state index contributed by atoms with van der Waals surface area (Å²) in [6, 6.07) is 2.99. The van der Waals surface area contributed by atoms with Crippen LogP contribution in [-0.2, 0) is 0 Å². The van der Waals surface area contributed by atoms with Gasteiger partial charge in [0.1, 0.15) is 0 Å². The third kappa shape index (κ3) is 2.48. The Morgan fingerprint density at radius 1 is 1.29 bits per heavy atom. The quantitative estimate of drug-likeness (QED) is 0.690. The minimum absolute atomic E-state index is 0.270. The van der Waals surface area contributed by atoms with E-state index in [1.54, 1.807) is 0 Å². The van der Waals surface area contributed by atoms with Crippen LogP contribution in [0.4, 0.5) is 0 Å². The molecule has 0 aromatic heterocycles. The molecular weight excluding hydrogens is 172 g/mol. The number of hydrogen-bond donors (Lipinski definition) is 0. The molecule has 14 heavy (non-hydrogen) atoms. The van der Waals surface area contributed by atoms with Crippen molar-refractivity contribution in [2.45, 2.75) is 46.1 Å². The van der Waals surface area contributed by atoms with Crippen LogP contribution in [0, 0.1) is 23.2 Å². The second kappa shape index (κ2) is 5.36. The summed E-state index contributed by atoms with van der Waals surface area (Å²) in [7, 11) is 0. The zero-order chi connectivity index (χ0) is 10.6. The molecule has 0 N–H and O–H groups in total. The van der Waals surface area contributed by atoms with Crippen LogP contribution in [0.3, 0.4) is 0 Å². The lowest BCUT2D eigenvalue weighted by atomic mass is 9.79. The molecule has 0 aromatic carbocycles. The summed E-state index contributed by atoms with van der Waals surface area (Å²) in [5, 5.41) is 9.11. The zero-order valence-corrected chi connectivity index (χ0v) is 9.66. The van der Waals surface area contributed by atoms with Crippen LogP contribution in [0.2, 0.25) is 0 Å². The van der Waals surface area contributed by atoms with Gasteiger partial charge in [-0.1, -0.05) is 20.8 Å². The Kier molecular flexibility index (Phi) is 4.41. The fraction of sp³-hybridized carbons (Fsp3) is 0.917. The van der Waals surface area contributed by atoms with Crippen molar-refractivity contribution < 1.29 is 0 Å². The van der Waals surface area contributed by atoms with E-state index in [0.29, 0.717) is 6.04 Å². The van der Waals surface area contributed by atoms with Gasteiger partial charge in [-0.2, -0.15) is 5.26 Å². The van der Waals surface area contributed by atoms with Crippen LogP contribution in [0.15, 0.2) is 0 Å². The first-order chi connectivity index (χ1) is 6.72. The van der Waals surface area contributed by atoms with E-state index in [9.17, 15) is 0 Å². The van der Waals surface area contributed by atoms with Crippen LogP contribution in [0.25, 0.3) is 0 Å². The van der Waals surface area contributed by atoms with E-state index in [1.165, 1.54) is 12.8 Å². The Bertz CT molecular complexity index is 203. The molecule has 1 aliphatic rings. The van der Waals surface area contributed by atoms with Gasteiger partial charge in [0.2, 0.25) is 0 Å². The maximum Gasteiger partial charge on any atom is 0.0672 e. The standard InChI is InChI=1S/C12H22N2/c1-4-14(5-2)12-8-10(3)6-7-11(12)9-13/h10-12H,4-8H2,1-3H3. The number of hydrogen-bond acceptors (Lipinski definition) is 2. The highest BCUT2D eigenvalue weighted by atomic mass is 15.1. The van der Waals surface area contributed by atoms with Gasteiger partial charge in [0, 0.05) is 6.04 Å². The van der Waals surface area contributed by atoms with Crippen LogP contribution in [-0.4, -0.2) is 24.0 Å². The van der Waals surface area contributed by atoms with Gasteiger partial charge in [0.05, 0.1) is 12.0 Å². The largest absolute Gasteiger partial charge is 0.300 e. The average molecular weight is 194 g/mol. The summed E-state index contributed by atoms with van der Waals surface area (Å²) in [5.74, 6) is 1.07. The molecule has 3 unspecified atom stereocenters. The first kappa shape index (κ1) is 11.5. The van der Waals surface area contributed by atoms with Crippen molar-refractivity contribution in [3.05, 3.63) is 0 Å². The first-order valence-electron chi connectivity index (χ1n) is 5.86. The van der Waals surface area contributed by atoms with E-state index in [-0.39, 0.29) is 5.92 Å². The number of nitriles is 1. The predicted molar refractivity (Wildman–Crippen MR) is 58.8 cm³/mol. The van der Waals surface area contributed by atoms with Gasteiger partial charge in [-0.3, -0.25) is 4.90 Å². The van der Waals surface area contributed by atoms with Gasteiger partial charge in [-0.05, 0) is 38.3 Å². The molecule has 0 heterocycles. The molecule has 0 spiro atoms. The zero-order valence-electron chi connectivity index (χ0n) is 9.66. The molecule has 80 valence electrons. The van der Waals surface area contributed by atoms with Crippen LogP contribution in [0.5, 0.6) is 0 Å². The van der Waals surface area contributed by atoms with Crippen LogP contribution in [0.1, 0.15) is 40.0 Å². The summed E-state index contributed by atoms with van der Waals surface area (Å²) >= 11 is 0. The van der Waals surface area contributed by atoms with Crippen molar-refractivity contribution in [3.63, 3.8) is 0 Å². The Hall–Kier alpha value is -0.550. The van der Waals surface area contributed by atoms with E-state index in [0.717, 1.165) is 25.4 Å². The molecule has 0 aliphatic heterocycles. The lowest BCUT2D eigenvalue weighted by Crippen LogP contribution is -2.43. The highest BCUT2D eigenvalue weighted by Gasteiger charge is 2.31. The monoisotopic (exact) mass is 194 g/mol. The van der Waals surface area contributed by atoms with E-state index in [4.69, 9.17) is 5.26 Å². The SMILES string of the molecule is CCN(CC)C1CC(C)CCC1C#N. The Morgan fingerprint density at radius 3 is 2.43 bits per heavy atom. The van der Waals surface area contributed by atoms with Crippen molar-refractivity contribution >= 4 is 0 Å². The third-order valence-corrected chi connectivity index (χ3v) is 3.53. The topological polar surface area (TPSA) is 27.0 Å². The summed E-state index contributed by atoms with van der Waals surface area (Å²) in [5.41, 5.74) is 0. The second-order valence-electron chi connectivity index (χ2n) is 4.44. The number of rotatable bonds is 3. The molecule has 1 aliphatic carbocycles. The fourth-order valence-electron chi connectivity index (χ4n) is 2.60. The van der Waals surface area contributed by atoms with Crippen molar-refractivity contribution in [2.75, 3.05) is 13.1 Å². The molecule has 1 fully saturated rings. The van der Waals surface area contributed by atoms with Gasteiger partial charge in [-0.25, -0.2) is 0 Å². The lowest BCUT2D eigenvalue weighted by Gasteiger charge is -2.38. The van der Waals surface area contributed by atoms with E-state index < -0.39 is 0 Å². The highest BCUT2D eigenvalue weighted by molar-refractivity contribution is 4.96. The fourth-order valence-corrected chi connectivity index (χ4v) is 2.60. The Balaban J connectivity index is 2.65. The van der Waals surface area contributed by atoms with E-state index in [1.807, 2.05) is 0 Å². The van der Waals surface area contributed by atoms with Gasteiger partial charge in [0.25, 0.3) is 0 Å². The summed E-state index contributed by atoms with van der Waals surface area (Å²) in [4.78, 5) is 2.45. The number of nitrogens with zero attached hydrogens (tertiary/aromatic N) is 2. The smallest absolute Gasteiger partial charge is 0.0672 e. The summed E-state index contributed by atoms with van der Waals surface area (Å²) in [6.07, 6.45) is 3.54. The van der Waals surface area contributed by atoms with Gasteiger partial charge in [0.15, 0.2) is 0 Å². The van der Waals surface area contributed by atoms with Crippen LogP contribution < -0.4 is 0 Å². The van der Waals surface area contributed by atoms with Crippen molar-refractivity contribution in [2.24, 2.45) is 11.8 Å². The second-order valence-corrected chi connectivity index (χ2v) is 4.44. The Morgan fingerprint density at radius 2 is 1.93 bits per heavy atom. The van der Waals surface area contributed by atoms with Gasteiger partial charge < -0.3 is 0 Å². The predicted octanol–water partition coefficient (Wildman–Crippen LogP) is 2.66. The van der Waals surface area contributed by atoms with E-state index >= 15 is 0 Å². The maximum absolute atomic E-state index is 9.11. The highest BCUT2D eigenvalue weighted by Crippen LogP contribution is 2.31. The molecule has 0 bridgehead atoms. The average Bonchev–Trinajstić information content (AvgIpc) is 2.20. The summed E-state index contributed by atoms with van der Waals surface area (Å²) in [6.45, 7) is 8.84. The van der Waals surface area contributed by atoms with Crippen LogP contribution >= 0.6 is 0 Å². The minimum atomic E-state index is 0.270. The van der Waals surface area contributed by atoms with Crippen molar-refractivity contribution in [1.29, 1.82) is 5.26 Å². The minimum Gasteiger partial charge on any atom is -0.300 e. The normalized spacial score (nSPS) is 32.9.